The quantitative estimate of drug-likeness (QED) is 0.738. The third-order valence-electron chi connectivity index (χ3n) is 4.34. The molecule has 3 atom stereocenters. The van der Waals surface area contributed by atoms with Crippen molar-refractivity contribution in [3.8, 4) is 0 Å². The lowest BCUT2D eigenvalue weighted by Crippen LogP contribution is -2.43. The summed E-state index contributed by atoms with van der Waals surface area (Å²) in [4.78, 5) is 14.5. The second-order valence-electron chi connectivity index (χ2n) is 5.88. The van der Waals surface area contributed by atoms with Gasteiger partial charge in [-0.2, -0.15) is 0 Å². The van der Waals surface area contributed by atoms with Crippen molar-refractivity contribution in [2.45, 2.75) is 52.5 Å². The molecule has 0 aromatic carbocycles. The normalized spacial score (nSPS) is 27.5. The number of hydrogen-bond donors (Lipinski definition) is 2. The molecule has 0 radical (unpaired) electrons. The minimum atomic E-state index is 0.132. The highest BCUT2D eigenvalue weighted by Gasteiger charge is 2.29. The van der Waals surface area contributed by atoms with Gasteiger partial charge in [0.1, 0.15) is 0 Å². The predicted molar refractivity (Wildman–Crippen MR) is 79.9 cm³/mol. The fourth-order valence-electron chi connectivity index (χ4n) is 2.82. The maximum Gasteiger partial charge on any atom is 0.223 e. The molecule has 112 valence electrons. The summed E-state index contributed by atoms with van der Waals surface area (Å²) in [6, 6.07) is 0.191. The van der Waals surface area contributed by atoms with Gasteiger partial charge in [0.25, 0.3) is 0 Å². The van der Waals surface area contributed by atoms with Crippen molar-refractivity contribution in [2.75, 3.05) is 26.2 Å². The second kappa shape index (κ2) is 8.54. The maximum absolute atomic E-state index is 12.1. The van der Waals surface area contributed by atoms with E-state index in [1.54, 1.807) is 0 Å². The molecule has 4 heteroatoms. The van der Waals surface area contributed by atoms with Crippen molar-refractivity contribution >= 4 is 5.91 Å². The lowest BCUT2D eigenvalue weighted by molar-refractivity contribution is -0.126. The van der Waals surface area contributed by atoms with Crippen molar-refractivity contribution in [3.05, 3.63) is 0 Å². The summed E-state index contributed by atoms with van der Waals surface area (Å²) >= 11 is 0. The van der Waals surface area contributed by atoms with E-state index in [0.717, 1.165) is 51.9 Å². The number of rotatable bonds is 7. The number of hydrogen-bond acceptors (Lipinski definition) is 3. The molecule has 1 amide bonds. The summed E-state index contributed by atoms with van der Waals surface area (Å²) in [5, 5.41) is 3.07. The number of carbonyl (C=O) groups is 1. The van der Waals surface area contributed by atoms with Crippen LogP contribution in [0, 0.1) is 11.8 Å². The highest BCUT2D eigenvalue weighted by Crippen LogP contribution is 2.27. The highest BCUT2D eigenvalue weighted by molar-refractivity contribution is 5.78. The smallest absolute Gasteiger partial charge is 0.223 e. The van der Waals surface area contributed by atoms with E-state index in [4.69, 9.17) is 5.73 Å². The van der Waals surface area contributed by atoms with Gasteiger partial charge in [-0.25, -0.2) is 0 Å². The van der Waals surface area contributed by atoms with E-state index >= 15 is 0 Å². The summed E-state index contributed by atoms with van der Waals surface area (Å²) in [5.41, 5.74) is 6.06. The molecular formula is C15H31N3O. The van der Waals surface area contributed by atoms with Gasteiger partial charge in [0, 0.05) is 25.0 Å². The molecule has 0 aliphatic heterocycles. The number of amides is 1. The fraction of sp³-hybridized carbons (Fsp3) is 0.933. The van der Waals surface area contributed by atoms with Crippen LogP contribution in [0.3, 0.4) is 0 Å². The summed E-state index contributed by atoms with van der Waals surface area (Å²) < 4.78 is 0. The molecule has 0 aromatic rings. The minimum absolute atomic E-state index is 0.132. The third kappa shape index (κ3) is 5.49. The topological polar surface area (TPSA) is 58.4 Å². The van der Waals surface area contributed by atoms with Crippen LogP contribution in [0.1, 0.15) is 46.5 Å². The standard InChI is InChI=1S/C15H31N3O/c1-4-9-18(5-2)10-8-17-15(19)13-7-6-12(3)14(16)11-13/h12-14H,4-11,16H2,1-3H3,(H,17,19). The first-order valence-electron chi connectivity index (χ1n) is 7.84. The van der Waals surface area contributed by atoms with Crippen LogP contribution in [0.2, 0.25) is 0 Å². The Bertz CT molecular complexity index is 270. The van der Waals surface area contributed by atoms with E-state index in [1.165, 1.54) is 0 Å². The molecule has 0 heterocycles. The van der Waals surface area contributed by atoms with Gasteiger partial charge in [0.05, 0.1) is 0 Å². The monoisotopic (exact) mass is 269 g/mol. The van der Waals surface area contributed by atoms with E-state index in [0.29, 0.717) is 5.92 Å². The SMILES string of the molecule is CCCN(CC)CCNC(=O)C1CCC(C)C(N)C1. The van der Waals surface area contributed by atoms with E-state index < -0.39 is 0 Å². The third-order valence-corrected chi connectivity index (χ3v) is 4.34. The van der Waals surface area contributed by atoms with Crippen LogP contribution in [-0.2, 0) is 4.79 Å². The van der Waals surface area contributed by atoms with E-state index in [2.05, 4.69) is 31.0 Å². The van der Waals surface area contributed by atoms with E-state index in [-0.39, 0.29) is 17.9 Å². The van der Waals surface area contributed by atoms with E-state index in [9.17, 15) is 4.79 Å². The van der Waals surface area contributed by atoms with Crippen LogP contribution in [-0.4, -0.2) is 43.0 Å². The number of nitrogens with zero attached hydrogens (tertiary/aromatic N) is 1. The van der Waals surface area contributed by atoms with Gasteiger partial charge in [0.15, 0.2) is 0 Å². The summed E-state index contributed by atoms with van der Waals surface area (Å²) in [7, 11) is 0. The Morgan fingerprint density at radius 1 is 1.32 bits per heavy atom. The molecular weight excluding hydrogens is 238 g/mol. The molecule has 1 saturated carbocycles. The number of nitrogens with two attached hydrogens (primary N) is 1. The second-order valence-corrected chi connectivity index (χ2v) is 5.88. The molecule has 0 saturated heterocycles. The van der Waals surface area contributed by atoms with Crippen LogP contribution in [0.4, 0.5) is 0 Å². The highest BCUT2D eigenvalue weighted by atomic mass is 16.1. The molecule has 4 nitrogen and oxygen atoms in total. The zero-order valence-corrected chi connectivity index (χ0v) is 12.8. The number of nitrogens with one attached hydrogen (secondary N) is 1. The molecule has 3 unspecified atom stereocenters. The first-order chi connectivity index (χ1) is 9.08. The Morgan fingerprint density at radius 3 is 2.63 bits per heavy atom. The Morgan fingerprint density at radius 2 is 2.05 bits per heavy atom. The molecule has 1 fully saturated rings. The molecule has 0 bridgehead atoms. The number of carbonyl (C=O) groups excluding carboxylic acids is 1. The zero-order chi connectivity index (χ0) is 14.3. The average Bonchev–Trinajstić information content (AvgIpc) is 2.40. The minimum Gasteiger partial charge on any atom is -0.355 e. The van der Waals surface area contributed by atoms with Crippen molar-refractivity contribution in [3.63, 3.8) is 0 Å². The van der Waals surface area contributed by atoms with Crippen LogP contribution >= 0.6 is 0 Å². The lowest BCUT2D eigenvalue weighted by atomic mass is 9.79. The van der Waals surface area contributed by atoms with Crippen molar-refractivity contribution in [1.82, 2.24) is 10.2 Å². The van der Waals surface area contributed by atoms with Gasteiger partial charge in [-0.15, -0.1) is 0 Å². The average molecular weight is 269 g/mol. The van der Waals surface area contributed by atoms with Crippen LogP contribution < -0.4 is 11.1 Å². The van der Waals surface area contributed by atoms with Gasteiger partial charge >= 0.3 is 0 Å². The van der Waals surface area contributed by atoms with Crippen molar-refractivity contribution in [2.24, 2.45) is 17.6 Å². The lowest BCUT2D eigenvalue weighted by Gasteiger charge is -2.31. The van der Waals surface area contributed by atoms with Crippen molar-refractivity contribution in [1.29, 1.82) is 0 Å². The number of likely N-dealkylation sites (N-methyl/N-ethyl adjacent to an activating group) is 1. The zero-order valence-electron chi connectivity index (χ0n) is 12.8. The van der Waals surface area contributed by atoms with Crippen molar-refractivity contribution < 1.29 is 4.79 Å². The van der Waals surface area contributed by atoms with Gasteiger partial charge in [-0.1, -0.05) is 20.8 Å². The largest absolute Gasteiger partial charge is 0.355 e. The predicted octanol–water partition coefficient (Wildman–Crippen LogP) is 1.60. The van der Waals surface area contributed by atoms with Gasteiger partial charge < -0.3 is 16.0 Å². The van der Waals surface area contributed by atoms with Gasteiger partial charge in [0.2, 0.25) is 5.91 Å². The molecule has 3 N–H and O–H groups in total. The molecule has 1 aliphatic rings. The molecule has 0 aromatic heterocycles. The molecule has 0 spiro atoms. The summed E-state index contributed by atoms with van der Waals surface area (Å²) in [6.45, 7) is 10.4. The van der Waals surface area contributed by atoms with E-state index in [1.807, 2.05) is 0 Å². The molecule has 1 aliphatic carbocycles. The Labute approximate surface area is 118 Å². The van der Waals surface area contributed by atoms with Crippen LogP contribution in [0.15, 0.2) is 0 Å². The first kappa shape index (κ1) is 16.4. The Balaban J connectivity index is 2.24. The van der Waals surface area contributed by atoms with Gasteiger partial charge in [-0.05, 0) is 44.7 Å². The first-order valence-corrected chi connectivity index (χ1v) is 7.84. The van der Waals surface area contributed by atoms with Crippen LogP contribution in [0.25, 0.3) is 0 Å². The molecule has 19 heavy (non-hydrogen) atoms. The molecule has 1 rings (SSSR count). The van der Waals surface area contributed by atoms with Gasteiger partial charge in [-0.3, -0.25) is 4.79 Å². The summed E-state index contributed by atoms with van der Waals surface area (Å²) in [5.74, 6) is 0.895. The maximum atomic E-state index is 12.1. The van der Waals surface area contributed by atoms with Crippen LogP contribution in [0.5, 0.6) is 0 Å². The Hall–Kier alpha value is -0.610. The fourth-order valence-corrected chi connectivity index (χ4v) is 2.82. The summed E-state index contributed by atoms with van der Waals surface area (Å²) in [6.07, 6.45) is 4.08. The Kier molecular flexibility index (Phi) is 7.39.